The molecule has 3 aliphatic heterocycles. The van der Waals surface area contributed by atoms with E-state index < -0.39 is 11.0 Å². The number of para-hydroxylation sites is 1. The molecule has 3 aromatic rings. The minimum atomic E-state index is -0.914. The molecule has 2 aromatic carbocycles. The van der Waals surface area contributed by atoms with Crippen molar-refractivity contribution < 1.29 is 14.9 Å². The van der Waals surface area contributed by atoms with Gasteiger partial charge in [0.05, 0.1) is 22.2 Å². The predicted octanol–water partition coefficient (Wildman–Crippen LogP) is 4.73. The monoisotopic (exact) mass is 482 g/mol. The number of likely N-dealkylation sites (tertiary alicyclic amines) is 1. The topological polar surface area (TPSA) is 57.9 Å². The Bertz CT molecular complexity index is 1500. The van der Waals surface area contributed by atoms with Crippen LogP contribution in [0.5, 0.6) is 11.5 Å². The van der Waals surface area contributed by atoms with Gasteiger partial charge in [0, 0.05) is 36.5 Å². The summed E-state index contributed by atoms with van der Waals surface area (Å²) < 4.78 is 9.40. The van der Waals surface area contributed by atoms with E-state index in [-0.39, 0.29) is 23.3 Å². The Morgan fingerprint density at radius 2 is 1.94 bits per heavy atom. The number of phenols is 1. The van der Waals surface area contributed by atoms with E-state index in [1.54, 1.807) is 0 Å². The first-order chi connectivity index (χ1) is 17.3. The molecule has 0 unspecified atom stereocenters. The molecule has 4 atom stereocenters. The standard InChI is InChI=1S/C31H34N2O3/c1-29(2)10-13-33-25-19(4-3-5-21(25)29)20-15-31(35)23-14-18-8-9-22(34)27-24(18)30(31,28(36-27)26(20)33)11-12-32(23)16-17-6-7-17/h3-5,8-9,17,23,28,34-35H,6-7,10-16H2,1-2H3/t23-,28+,30+,31-/m1/s1. The van der Waals surface area contributed by atoms with E-state index in [0.29, 0.717) is 12.2 Å². The summed E-state index contributed by atoms with van der Waals surface area (Å²) in [6, 6.07) is 10.8. The molecule has 0 amide bonds. The van der Waals surface area contributed by atoms with E-state index in [1.807, 2.05) is 6.07 Å². The number of rotatable bonds is 2. The van der Waals surface area contributed by atoms with Crippen LogP contribution < -0.4 is 4.74 Å². The zero-order valence-electron chi connectivity index (χ0n) is 21.2. The van der Waals surface area contributed by atoms with Crippen LogP contribution >= 0.6 is 0 Å². The van der Waals surface area contributed by atoms with Crippen molar-refractivity contribution in [3.05, 3.63) is 58.3 Å². The Morgan fingerprint density at radius 3 is 2.78 bits per heavy atom. The Balaban J connectivity index is 1.36. The second-order valence-electron chi connectivity index (χ2n) is 13.3. The van der Waals surface area contributed by atoms with Gasteiger partial charge in [0.25, 0.3) is 0 Å². The number of fused-ring (bicyclic) bond motifs is 4. The lowest BCUT2D eigenvalue weighted by molar-refractivity contribution is -0.173. The minimum absolute atomic E-state index is 0.0808. The van der Waals surface area contributed by atoms with E-state index >= 15 is 0 Å². The molecular weight excluding hydrogens is 448 g/mol. The van der Waals surface area contributed by atoms with Crippen molar-refractivity contribution in [1.82, 2.24) is 9.47 Å². The molecule has 1 saturated heterocycles. The second kappa shape index (κ2) is 6.14. The van der Waals surface area contributed by atoms with Gasteiger partial charge >= 0.3 is 0 Å². The van der Waals surface area contributed by atoms with Crippen molar-refractivity contribution in [2.24, 2.45) is 5.92 Å². The molecule has 3 aliphatic carbocycles. The fraction of sp³-hybridized carbons (Fsp3) is 0.548. The quantitative estimate of drug-likeness (QED) is 0.555. The van der Waals surface area contributed by atoms with Crippen LogP contribution in [0.2, 0.25) is 0 Å². The van der Waals surface area contributed by atoms with Gasteiger partial charge in [0.1, 0.15) is 0 Å². The average molecular weight is 483 g/mol. The average Bonchev–Trinajstić information content (AvgIpc) is 3.51. The van der Waals surface area contributed by atoms with Crippen molar-refractivity contribution in [2.45, 2.75) is 87.5 Å². The third kappa shape index (κ3) is 2.12. The molecule has 2 fully saturated rings. The Kier molecular flexibility index (Phi) is 3.50. The van der Waals surface area contributed by atoms with Crippen molar-refractivity contribution in [3.63, 3.8) is 0 Å². The number of benzene rings is 2. The van der Waals surface area contributed by atoms with Crippen LogP contribution in [0.3, 0.4) is 0 Å². The van der Waals surface area contributed by atoms with Crippen molar-refractivity contribution in [3.8, 4) is 11.5 Å². The first kappa shape index (κ1) is 20.5. The molecule has 4 heterocycles. The summed E-state index contributed by atoms with van der Waals surface area (Å²) in [6.07, 6.45) is 5.84. The third-order valence-corrected chi connectivity index (χ3v) is 11.1. The van der Waals surface area contributed by atoms with Crippen molar-refractivity contribution in [1.29, 1.82) is 0 Å². The van der Waals surface area contributed by atoms with Gasteiger partial charge in [0.2, 0.25) is 0 Å². The van der Waals surface area contributed by atoms with Gasteiger partial charge in [-0.3, -0.25) is 4.90 Å². The van der Waals surface area contributed by atoms with E-state index in [1.165, 1.54) is 46.1 Å². The maximum Gasteiger partial charge on any atom is 0.166 e. The zero-order valence-corrected chi connectivity index (χ0v) is 21.2. The SMILES string of the molecule is CC1(C)CCn2c3c(c4cccc1c42)C[C@@]1(O)[C@H]2Cc4ccc(O)c5c4[C@@]1(CCN2CC1CC1)[C@H]3O5. The number of nitrogens with zero attached hydrogens (tertiary/aromatic N) is 2. The fourth-order valence-electron chi connectivity index (χ4n) is 9.21. The first-order valence-corrected chi connectivity index (χ1v) is 14.0. The van der Waals surface area contributed by atoms with Gasteiger partial charge in [-0.25, -0.2) is 0 Å². The summed E-state index contributed by atoms with van der Waals surface area (Å²) in [5.74, 6) is 1.64. The molecule has 1 aromatic heterocycles. The highest BCUT2D eigenvalue weighted by atomic mass is 16.5. The number of aromatic nitrogens is 1. The molecule has 6 aliphatic rings. The molecule has 0 radical (unpaired) electrons. The van der Waals surface area contributed by atoms with Gasteiger partial charge in [-0.1, -0.05) is 38.1 Å². The van der Waals surface area contributed by atoms with Crippen molar-refractivity contribution in [2.75, 3.05) is 13.1 Å². The number of ether oxygens (including phenoxy) is 1. The summed E-state index contributed by atoms with van der Waals surface area (Å²) >= 11 is 0. The lowest BCUT2D eigenvalue weighted by Gasteiger charge is -2.63. The van der Waals surface area contributed by atoms with Crippen molar-refractivity contribution >= 4 is 10.9 Å². The van der Waals surface area contributed by atoms with E-state index in [0.717, 1.165) is 50.4 Å². The molecule has 5 nitrogen and oxygen atoms in total. The smallest absolute Gasteiger partial charge is 0.166 e. The third-order valence-electron chi connectivity index (χ3n) is 11.1. The second-order valence-corrected chi connectivity index (χ2v) is 13.3. The summed E-state index contributed by atoms with van der Waals surface area (Å²) in [5, 5.41) is 25.3. The van der Waals surface area contributed by atoms with Gasteiger partial charge in [-0.15, -0.1) is 0 Å². The Morgan fingerprint density at radius 1 is 1.08 bits per heavy atom. The highest BCUT2D eigenvalue weighted by molar-refractivity contribution is 5.91. The molecule has 1 spiro atoms. The normalized spacial score (nSPS) is 34.9. The molecule has 2 bridgehead atoms. The molecule has 5 heteroatoms. The largest absolute Gasteiger partial charge is 0.504 e. The first-order valence-electron chi connectivity index (χ1n) is 14.0. The highest BCUT2D eigenvalue weighted by Gasteiger charge is 2.73. The zero-order chi connectivity index (χ0) is 24.2. The summed E-state index contributed by atoms with van der Waals surface area (Å²) in [6.45, 7) is 7.78. The molecule has 2 N–H and O–H groups in total. The lowest BCUT2D eigenvalue weighted by atomic mass is 9.49. The van der Waals surface area contributed by atoms with Crippen LogP contribution in [0.4, 0.5) is 0 Å². The van der Waals surface area contributed by atoms with E-state index in [4.69, 9.17) is 4.74 Å². The summed E-state index contributed by atoms with van der Waals surface area (Å²) in [5.41, 5.74) is 6.36. The van der Waals surface area contributed by atoms with Gasteiger partial charge in [-0.2, -0.15) is 0 Å². The number of aromatic hydroxyl groups is 1. The number of hydrogen-bond donors (Lipinski definition) is 2. The summed E-state index contributed by atoms with van der Waals surface area (Å²) in [7, 11) is 0. The number of phenolic OH excluding ortho intramolecular Hbond substituents is 1. The van der Waals surface area contributed by atoms with Crippen LogP contribution in [0, 0.1) is 5.92 Å². The van der Waals surface area contributed by atoms with E-state index in [9.17, 15) is 10.2 Å². The van der Waals surface area contributed by atoms with Crippen LogP contribution in [-0.2, 0) is 30.2 Å². The minimum Gasteiger partial charge on any atom is -0.504 e. The van der Waals surface area contributed by atoms with Gasteiger partial charge in [0.15, 0.2) is 17.6 Å². The van der Waals surface area contributed by atoms with Crippen LogP contribution in [0.25, 0.3) is 10.9 Å². The Hall–Kier alpha value is -2.50. The van der Waals surface area contributed by atoms with E-state index in [2.05, 4.69) is 47.6 Å². The maximum absolute atomic E-state index is 13.1. The molecular formula is C31H34N2O3. The molecule has 9 rings (SSSR count). The lowest BCUT2D eigenvalue weighted by Crippen LogP contribution is -2.74. The molecule has 186 valence electrons. The number of aliphatic hydroxyl groups is 1. The molecule has 36 heavy (non-hydrogen) atoms. The Labute approximate surface area is 211 Å². The fourth-order valence-corrected chi connectivity index (χ4v) is 9.21. The van der Waals surface area contributed by atoms with Gasteiger partial charge < -0.3 is 19.5 Å². The maximum atomic E-state index is 13.1. The van der Waals surface area contributed by atoms with Crippen LogP contribution in [0.1, 0.15) is 73.6 Å². The van der Waals surface area contributed by atoms with Crippen LogP contribution in [0.15, 0.2) is 30.3 Å². The highest BCUT2D eigenvalue weighted by Crippen LogP contribution is 2.69. The number of aryl methyl sites for hydroxylation is 1. The van der Waals surface area contributed by atoms with Gasteiger partial charge in [-0.05, 0) is 72.7 Å². The predicted molar refractivity (Wildman–Crippen MR) is 138 cm³/mol. The number of hydrogen-bond acceptors (Lipinski definition) is 4. The number of piperidine rings is 1. The summed E-state index contributed by atoms with van der Waals surface area (Å²) in [4.78, 5) is 2.62. The molecule has 1 saturated carbocycles. The van der Waals surface area contributed by atoms with Crippen LogP contribution in [-0.4, -0.2) is 44.4 Å².